The highest BCUT2D eigenvalue weighted by Gasteiger charge is 2.29. The maximum Gasteiger partial charge on any atom is 0.0437 e. The van der Waals surface area contributed by atoms with Gasteiger partial charge in [0.15, 0.2) is 0 Å². The lowest BCUT2D eigenvalue weighted by molar-refractivity contribution is 0.517. The van der Waals surface area contributed by atoms with Crippen LogP contribution in [-0.2, 0) is 16.2 Å². The Bertz CT molecular complexity index is 3120. The van der Waals surface area contributed by atoms with Gasteiger partial charge in [0.2, 0.25) is 0 Å². The Hall–Kier alpha value is -3.28. The predicted octanol–water partition coefficient (Wildman–Crippen LogP) is 17.2. The Labute approximate surface area is 322 Å². The molecule has 0 fully saturated rings. The van der Waals surface area contributed by atoms with Crippen molar-refractivity contribution < 1.29 is 0 Å². The molecule has 0 aliphatic rings. The monoisotopic (exact) mass is 750 g/mol. The van der Waals surface area contributed by atoms with E-state index in [0.29, 0.717) is 5.92 Å². The van der Waals surface area contributed by atoms with Gasteiger partial charge in [-0.1, -0.05) is 113 Å². The van der Waals surface area contributed by atoms with Gasteiger partial charge in [-0.3, -0.25) is 0 Å². The lowest BCUT2D eigenvalue weighted by Crippen LogP contribution is -2.12. The van der Waals surface area contributed by atoms with Gasteiger partial charge < -0.3 is 0 Å². The molecule has 10 rings (SSSR count). The Morgan fingerprint density at radius 1 is 0.442 bits per heavy atom. The van der Waals surface area contributed by atoms with Crippen LogP contribution in [0.25, 0.3) is 94.2 Å². The summed E-state index contributed by atoms with van der Waals surface area (Å²) in [4.78, 5) is 5.90. The SMILES string of the molecule is CCC(C)(C)c1cc2c3cc(C(C)(C)C)sc3c3c4cccc5c4c4c(cccc4c3c2s1)c1c2sc(C(C)(C)C)cc2c2cc(C(C)C)sc2c51. The topological polar surface area (TPSA) is 0 Å². The van der Waals surface area contributed by atoms with E-state index in [1.807, 2.05) is 34.0 Å². The first-order valence-corrected chi connectivity index (χ1v) is 22.2. The van der Waals surface area contributed by atoms with Gasteiger partial charge in [-0.15, -0.1) is 45.3 Å². The third-order valence-electron chi connectivity index (χ3n) is 12.0. The van der Waals surface area contributed by atoms with Crippen molar-refractivity contribution in [2.45, 2.75) is 105 Å². The van der Waals surface area contributed by atoms with Crippen LogP contribution in [0.1, 0.15) is 108 Å². The molecule has 6 aromatic carbocycles. The number of hydrogen-bond donors (Lipinski definition) is 0. The molecule has 0 nitrogen and oxygen atoms in total. The second kappa shape index (κ2) is 10.7. The van der Waals surface area contributed by atoms with Gasteiger partial charge in [0.1, 0.15) is 0 Å². The highest BCUT2D eigenvalue weighted by atomic mass is 32.1. The van der Waals surface area contributed by atoms with Crippen LogP contribution in [0.3, 0.4) is 0 Å². The van der Waals surface area contributed by atoms with Crippen molar-refractivity contribution in [1.82, 2.24) is 0 Å². The minimum absolute atomic E-state index is 0.0795. The van der Waals surface area contributed by atoms with Crippen molar-refractivity contribution in [3.05, 3.63) is 80.2 Å². The van der Waals surface area contributed by atoms with E-state index < -0.39 is 0 Å². The fraction of sp³-hybridized carbons (Fsp3) is 0.333. The van der Waals surface area contributed by atoms with E-state index in [4.69, 9.17) is 0 Å². The maximum absolute atomic E-state index is 2.56. The molecule has 0 aliphatic heterocycles. The number of thiophene rings is 4. The Balaban J connectivity index is 1.53. The second-order valence-corrected chi connectivity index (χ2v) is 22.5. The summed E-state index contributed by atoms with van der Waals surface area (Å²) in [6, 6.07) is 24.7. The van der Waals surface area contributed by atoms with E-state index in [2.05, 4.69) is 148 Å². The summed E-state index contributed by atoms with van der Waals surface area (Å²) < 4.78 is 5.82. The summed E-state index contributed by atoms with van der Waals surface area (Å²) in [6.07, 6.45) is 1.12. The molecule has 0 radical (unpaired) electrons. The first-order chi connectivity index (χ1) is 24.6. The van der Waals surface area contributed by atoms with Crippen molar-refractivity contribution >= 4 is 140 Å². The van der Waals surface area contributed by atoms with Gasteiger partial charge >= 0.3 is 0 Å². The van der Waals surface area contributed by atoms with E-state index in [1.54, 1.807) is 0 Å². The van der Waals surface area contributed by atoms with Gasteiger partial charge in [0, 0.05) is 81.4 Å². The smallest absolute Gasteiger partial charge is 0.0437 e. The number of benzene rings is 6. The van der Waals surface area contributed by atoms with Crippen LogP contribution in [0.4, 0.5) is 0 Å². The van der Waals surface area contributed by atoms with Crippen LogP contribution in [-0.4, -0.2) is 0 Å². The van der Waals surface area contributed by atoms with E-state index in [-0.39, 0.29) is 16.2 Å². The van der Waals surface area contributed by atoms with E-state index in [0.717, 1.165) is 6.42 Å². The minimum atomic E-state index is 0.0795. The van der Waals surface area contributed by atoms with E-state index in [9.17, 15) is 0 Å². The molecule has 0 unspecified atom stereocenters. The summed E-state index contributed by atoms with van der Waals surface area (Å²) in [5, 5.41) is 20.1. The van der Waals surface area contributed by atoms with E-state index in [1.165, 1.54) is 114 Å². The molecule has 0 amide bonds. The third-order valence-corrected chi connectivity index (χ3v) is 18.1. The van der Waals surface area contributed by atoms with Crippen molar-refractivity contribution in [3.8, 4) is 0 Å². The largest absolute Gasteiger partial charge is 0.139 e. The molecule has 0 saturated heterocycles. The normalized spacial score (nSPS) is 13.9. The standard InChI is InChI=1S/C48H46S4/c1-12-48(10,11)35-22-31-30-21-34(47(7,8)9)51-44(30)40-26-17-13-15-24-36(26)37-25(16-14-18-27(37)41(40)45(31)52-35)39-38(24)42-28(19-32(49-42)23(2)3)29-20-33(46(4,5)6)50-43(29)39/h13-23H,12H2,1-11H3. The molecule has 0 saturated carbocycles. The van der Waals surface area contributed by atoms with Crippen molar-refractivity contribution in [3.63, 3.8) is 0 Å². The Morgan fingerprint density at radius 2 is 0.788 bits per heavy atom. The van der Waals surface area contributed by atoms with Crippen LogP contribution >= 0.6 is 45.3 Å². The first kappa shape index (κ1) is 33.3. The average Bonchev–Trinajstić information content (AvgIpc) is 3.89. The maximum atomic E-state index is 2.56. The summed E-state index contributed by atoms with van der Waals surface area (Å²) in [5.41, 5.74) is 0.286. The molecule has 0 N–H and O–H groups in total. The fourth-order valence-electron chi connectivity index (χ4n) is 8.62. The number of rotatable bonds is 3. The van der Waals surface area contributed by atoms with Crippen LogP contribution in [0.2, 0.25) is 0 Å². The average molecular weight is 751 g/mol. The summed E-state index contributed by atoms with van der Waals surface area (Å²) in [5.74, 6) is 0.489. The number of hydrogen-bond acceptors (Lipinski definition) is 4. The molecule has 4 heterocycles. The molecule has 0 spiro atoms. The lowest BCUT2D eigenvalue weighted by atomic mass is 9.84. The van der Waals surface area contributed by atoms with Gasteiger partial charge in [0.05, 0.1) is 0 Å². The van der Waals surface area contributed by atoms with Gasteiger partial charge in [-0.05, 0) is 85.2 Å². The van der Waals surface area contributed by atoms with Crippen LogP contribution in [0.15, 0.2) is 60.7 Å². The molecular weight excluding hydrogens is 705 g/mol. The quantitative estimate of drug-likeness (QED) is 0.125. The highest BCUT2D eigenvalue weighted by molar-refractivity contribution is 7.24. The molecule has 4 heteroatoms. The molecule has 0 bridgehead atoms. The first-order valence-electron chi connectivity index (χ1n) is 18.9. The molecule has 52 heavy (non-hydrogen) atoms. The van der Waals surface area contributed by atoms with Gasteiger partial charge in [0.25, 0.3) is 0 Å². The minimum Gasteiger partial charge on any atom is -0.139 e. The second-order valence-electron chi connectivity index (χ2n) is 18.3. The van der Waals surface area contributed by atoms with Crippen molar-refractivity contribution in [2.24, 2.45) is 0 Å². The van der Waals surface area contributed by atoms with Crippen LogP contribution in [0.5, 0.6) is 0 Å². The highest BCUT2D eigenvalue weighted by Crippen LogP contribution is 2.56. The molecule has 0 aliphatic carbocycles. The van der Waals surface area contributed by atoms with Crippen LogP contribution < -0.4 is 0 Å². The third kappa shape index (κ3) is 4.36. The number of fused-ring (bicyclic) bond motifs is 16. The fourth-order valence-corrected chi connectivity index (χ4v) is 13.9. The Morgan fingerprint density at radius 3 is 1.15 bits per heavy atom. The zero-order valence-electron chi connectivity index (χ0n) is 32.2. The predicted molar refractivity (Wildman–Crippen MR) is 241 cm³/mol. The van der Waals surface area contributed by atoms with E-state index >= 15 is 0 Å². The zero-order valence-corrected chi connectivity index (χ0v) is 35.5. The van der Waals surface area contributed by atoms with Crippen LogP contribution in [0, 0.1) is 0 Å². The zero-order chi connectivity index (χ0) is 36.4. The molecule has 4 aromatic heterocycles. The van der Waals surface area contributed by atoms with Gasteiger partial charge in [-0.2, -0.15) is 0 Å². The van der Waals surface area contributed by atoms with Crippen molar-refractivity contribution in [2.75, 3.05) is 0 Å². The molecule has 10 aromatic rings. The Kier molecular flexibility index (Phi) is 6.84. The summed E-state index contributed by atoms with van der Waals surface area (Å²) >= 11 is 8.14. The molecular formula is C48H46S4. The lowest BCUT2D eigenvalue weighted by Gasteiger charge is -2.20. The van der Waals surface area contributed by atoms with Gasteiger partial charge in [-0.25, -0.2) is 0 Å². The van der Waals surface area contributed by atoms with Crippen molar-refractivity contribution in [1.29, 1.82) is 0 Å². The summed E-state index contributed by atoms with van der Waals surface area (Å²) in [7, 11) is 0. The molecule has 262 valence electrons. The molecule has 0 atom stereocenters. The summed E-state index contributed by atoms with van der Waals surface area (Å²) in [6.45, 7) is 26.1.